The van der Waals surface area contributed by atoms with Crippen LogP contribution in [0.4, 0.5) is 0 Å². The highest BCUT2D eigenvalue weighted by Crippen LogP contribution is 2.14. The van der Waals surface area contributed by atoms with Crippen LogP contribution in [0.2, 0.25) is 0 Å². The number of aryl methyl sites for hydroxylation is 1. The van der Waals surface area contributed by atoms with Gasteiger partial charge in [-0.3, -0.25) is 0 Å². The lowest BCUT2D eigenvalue weighted by Crippen LogP contribution is -2.20. The minimum absolute atomic E-state index is 0.587. The van der Waals surface area contributed by atoms with E-state index < -0.39 is 0 Å². The van der Waals surface area contributed by atoms with Crippen LogP contribution in [0.1, 0.15) is 25.8 Å². The van der Waals surface area contributed by atoms with E-state index in [0.717, 1.165) is 37.3 Å². The van der Waals surface area contributed by atoms with Crippen molar-refractivity contribution >= 4 is 0 Å². The summed E-state index contributed by atoms with van der Waals surface area (Å²) < 4.78 is 5.70. The van der Waals surface area contributed by atoms with Crippen LogP contribution in [0.5, 0.6) is 5.75 Å². The van der Waals surface area contributed by atoms with Crippen LogP contribution in [0.3, 0.4) is 0 Å². The standard InChI is InChI=1S/C15H23NO/c1-4-9-16-11-13(3)12-17-15-8-6-7-14(5-2)10-15/h6-8,10,16H,3-5,9,11-12H2,1-2H3. The van der Waals surface area contributed by atoms with E-state index in [-0.39, 0.29) is 0 Å². The lowest BCUT2D eigenvalue weighted by molar-refractivity contribution is 0.348. The predicted molar refractivity (Wildman–Crippen MR) is 73.6 cm³/mol. The van der Waals surface area contributed by atoms with E-state index in [1.54, 1.807) is 0 Å². The van der Waals surface area contributed by atoms with Crippen molar-refractivity contribution in [2.24, 2.45) is 0 Å². The van der Waals surface area contributed by atoms with Gasteiger partial charge < -0.3 is 10.1 Å². The lowest BCUT2D eigenvalue weighted by atomic mass is 10.2. The van der Waals surface area contributed by atoms with Crippen LogP contribution < -0.4 is 10.1 Å². The van der Waals surface area contributed by atoms with Gasteiger partial charge in [-0.1, -0.05) is 32.6 Å². The summed E-state index contributed by atoms with van der Waals surface area (Å²) in [6.07, 6.45) is 2.18. The van der Waals surface area contributed by atoms with Crippen LogP contribution in [-0.4, -0.2) is 19.7 Å². The van der Waals surface area contributed by atoms with Crippen molar-refractivity contribution in [3.8, 4) is 5.75 Å². The summed E-state index contributed by atoms with van der Waals surface area (Å²) >= 11 is 0. The molecule has 0 fully saturated rings. The summed E-state index contributed by atoms with van der Waals surface area (Å²) in [6.45, 7) is 10.8. The molecule has 0 saturated carbocycles. The molecule has 1 aromatic rings. The van der Waals surface area contributed by atoms with Gasteiger partial charge >= 0.3 is 0 Å². The van der Waals surface area contributed by atoms with E-state index in [1.807, 2.05) is 12.1 Å². The topological polar surface area (TPSA) is 21.3 Å². The third-order valence-corrected chi connectivity index (χ3v) is 2.55. The van der Waals surface area contributed by atoms with Gasteiger partial charge in [-0.2, -0.15) is 0 Å². The minimum atomic E-state index is 0.587. The average molecular weight is 233 g/mol. The molecular weight excluding hydrogens is 210 g/mol. The van der Waals surface area contributed by atoms with Gasteiger partial charge in [0.05, 0.1) is 0 Å². The van der Waals surface area contributed by atoms with E-state index in [4.69, 9.17) is 4.74 Å². The first kappa shape index (κ1) is 13.8. The molecule has 0 radical (unpaired) electrons. The summed E-state index contributed by atoms with van der Waals surface area (Å²) in [5.41, 5.74) is 2.39. The molecule has 0 saturated heterocycles. The van der Waals surface area contributed by atoms with Crippen molar-refractivity contribution in [2.45, 2.75) is 26.7 Å². The van der Waals surface area contributed by atoms with Crippen molar-refractivity contribution in [3.63, 3.8) is 0 Å². The second-order valence-corrected chi connectivity index (χ2v) is 4.22. The van der Waals surface area contributed by atoms with Gasteiger partial charge in [0, 0.05) is 6.54 Å². The molecule has 0 unspecified atom stereocenters. The summed E-state index contributed by atoms with van der Waals surface area (Å²) in [5.74, 6) is 0.931. The molecule has 0 bridgehead atoms. The molecule has 0 aromatic heterocycles. The molecule has 1 aromatic carbocycles. The number of hydrogen-bond acceptors (Lipinski definition) is 2. The van der Waals surface area contributed by atoms with Crippen LogP contribution in [0, 0.1) is 0 Å². The van der Waals surface area contributed by atoms with Crippen LogP contribution in [0.15, 0.2) is 36.4 Å². The fraction of sp³-hybridized carbons (Fsp3) is 0.467. The zero-order valence-electron chi connectivity index (χ0n) is 11.0. The molecule has 0 spiro atoms. The second-order valence-electron chi connectivity index (χ2n) is 4.22. The maximum absolute atomic E-state index is 5.70. The number of rotatable bonds is 8. The molecule has 2 heteroatoms. The highest BCUT2D eigenvalue weighted by molar-refractivity contribution is 5.28. The first-order valence-electron chi connectivity index (χ1n) is 6.35. The Bertz CT molecular complexity index is 347. The highest BCUT2D eigenvalue weighted by Gasteiger charge is 1.98. The summed E-state index contributed by atoms with van der Waals surface area (Å²) in [5, 5.41) is 3.31. The number of ether oxygens (including phenoxy) is 1. The van der Waals surface area contributed by atoms with Crippen molar-refractivity contribution in [3.05, 3.63) is 42.0 Å². The van der Waals surface area contributed by atoms with E-state index >= 15 is 0 Å². The third kappa shape index (κ3) is 5.55. The van der Waals surface area contributed by atoms with Gasteiger partial charge in [-0.15, -0.1) is 0 Å². The van der Waals surface area contributed by atoms with Crippen molar-refractivity contribution in [1.82, 2.24) is 5.32 Å². The quantitative estimate of drug-likeness (QED) is 0.550. The first-order chi connectivity index (χ1) is 8.26. The molecular formula is C15H23NO. The van der Waals surface area contributed by atoms with Crippen LogP contribution >= 0.6 is 0 Å². The van der Waals surface area contributed by atoms with E-state index in [1.165, 1.54) is 5.56 Å². The van der Waals surface area contributed by atoms with Crippen molar-refractivity contribution < 1.29 is 4.74 Å². The molecule has 0 aliphatic carbocycles. The molecule has 0 aliphatic heterocycles. The molecule has 94 valence electrons. The molecule has 17 heavy (non-hydrogen) atoms. The fourth-order valence-corrected chi connectivity index (χ4v) is 1.53. The summed E-state index contributed by atoms with van der Waals surface area (Å²) in [4.78, 5) is 0. The molecule has 0 amide bonds. The largest absolute Gasteiger partial charge is 0.489 e. The smallest absolute Gasteiger partial charge is 0.120 e. The normalized spacial score (nSPS) is 10.2. The SMILES string of the molecule is C=C(CNCCC)COc1cccc(CC)c1. The molecule has 1 N–H and O–H groups in total. The van der Waals surface area contributed by atoms with E-state index in [0.29, 0.717) is 6.61 Å². The van der Waals surface area contributed by atoms with Gasteiger partial charge in [0.25, 0.3) is 0 Å². The Hall–Kier alpha value is -1.28. The van der Waals surface area contributed by atoms with Gasteiger partial charge in [-0.05, 0) is 42.7 Å². The van der Waals surface area contributed by atoms with Gasteiger partial charge in [0.1, 0.15) is 12.4 Å². The Balaban J connectivity index is 2.31. The second kappa shape index (κ2) is 7.91. The Kier molecular flexibility index (Phi) is 6.41. The van der Waals surface area contributed by atoms with Crippen molar-refractivity contribution in [1.29, 1.82) is 0 Å². The monoisotopic (exact) mass is 233 g/mol. The Morgan fingerprint density at radius 3 is 2.88 bits per heavy atom. The average Bonchev–Trinajstić information content (AvgIpc) is 2.37. The van der Waals surface area contributed by atoms with Crippen molar-refractivity contribution in [2.75, 3.05) is 19.7 Å². The predicted octanol–water partition coefficient (Wildman–Crippen LogP) is 3.18. The maximum Gasteiger partial charge on any atom is 0.120 e. The van der Waals surface area contributed by atoms with Gasteiger partial charge in [-0.25, -0.2) is 0 Å². The minimum Gasteiger partial charge on any atom is -0.489 e. The summed E-state index contributed by atoms with van der Waals surface area (Å²) in [7, 11) is 0. The number of benzene rings is 1. The first-order valence-corrected chi connectivity index (χ1v) is 6.35. The Morgan fingerprint density at radius 2 is 2.18 bits per heavy atom. The Morgan fingerprint density at radius 1 is 1.35 bits per heavy atom. The lowest BCUT2D eigenvalue weighted by Gasteiger charge is -2.10. The van der Waals surface area contributed by atoms with E-state index in [2.05, 4.69) is 37.9 Å². The van der Waals surface area contributed by atoms with Gasteiger partial charge in [0.15, 0.2) is 0 Å². The van der Waals surface area contributed by atoms with Crippen LogP contribution in [-0.2, 0) is 6.42 Å². The van der Waals surface area contributed by atoms with Gasteiger partial charge in [0.2, 0.25) is 0 Å². The number of hydrogen-bond donors (Lipinski definition) is 1. The third-order valence-electron chi connectivity index (χ3n) is 2.55. The molecule has 0 aliphatic rings. The van der Waals surface area contributed by atoms with E-state index in [9.17, 15) is 0 Å². The molecule has 1 rings (SSSR count). The molecule has 0 atom stereocenters. The maximum atomic E-state index is 5.70. The zero-order chi connectivity index (χ0) is 12.5. The molecule has 2 nitrogen and oxygen atoms in total. The Labute approximate surface area is 105 Å². The number of nitrogens with one attached hydrogen (secondary N) is 1. The van der Waals surface area contributed by atoms with Crippen LogP contribution in [0.25, 0.3) is 0 Å². The summed E-state index contributed by atoms with van der Waals surface area (Å²) in [6, 6.07) is 8.23. The molecule has 0 heterocycles. The zero-order valence-corrected chi connectivity index (χ0v) is 11.0. The highest BCUT2D eigenvalue weighted by atomic mass is 16.5. The fourth-order valence-electron chi connectivity index (χ4n) is 1.53.